The van der Waals surface area contributed by atoms with Gasteiger partial charge in [-0.3, -0.25) is 19.7 Å². The van der Waals surface area contributed by atoms with E-state index in [1.54, 1.807) is 17.8 Å². The Morgan fingerprint density at radius 3 is 2.40 bits per heavy atom. The first-order valence-corrected chi connectivity index (χ1v) is 21.7. The largest absolute Gasteiger partial charge is 0.483 e. The zero-order valence-corrected chi connectivity index (χ0v) is 34.6. The van der Waals surface area contributed by atoms with E-state index in [1.165, 1.54) is 29.6 Å². The van der Waals surface area contributed by atoms with E-state index in [4.69, 9.17) is 16.3 Å². The van der Waals surface area contributed by atoms with Crippen LogP contribution in [-0.4, -0.2) is 91.8 Å². The number of fused-ring (bicyclic) bond motifs is 1. The van der Waals surface area contributed by atoms with Crippen LogP contribution in [0.2, 0.25) is 5.02 Å². The van der Waals surface area contributed by atoms with Crippen LogP contribution in [0.25, 0.3) is 22.0 Å². The van der Waals surface area contributed by atoms with E-state index in [-0.39, 0.29) is 22.6 Å². The number of nitrogens with one attached hydrogen (secondary N) is 1. The Bertz CT molecular complexity index is 2470. The fourth-order valence-corrected chi connectivity index (χ4v) is 8.99. The van der Waals surface area contributed by atoms with Gasteiger partial charge in [0.1, 0.15) is 12.4 Å². The van der Waals surface area contributed by atoms with Gasteiger partial charge in [0.05, 0.1) is 15.3 Å². The number of sulfonamides is 1. The molecule has 0 saturated carbocycles. The van der Waals surface area contributed by atoms with Gasteiger partial charge in [-0.25, -0.2) is 18.4 Å². The summed E-state index contributed by atoms with van der Waals surface area (Å²) in [6.45, 7) is 4.87. The van der Waals surface area contributed by atoms with Gasteiger partial charge in [-0.15, -0.1) is 11.8 Å². The Labute approximate surface area is 348 Å². The molecule has 1 atom stereocenters. The molecular weight excluding hydrogens is 794 g/mol. The van der Waals surface area contributed by atoms with Gasteiger partial charge in [0, 0.05) is 72.1 Å². The Morgan fingerprint density at radius 1 is 0.914 bits per heavy atom. The van der Waals surface area contributed by atoms with Crippen molar-refractivity contribution >= 4 is 61.5 Å². The number of anilines is 2. The number of nitro benzene ring substituents is 1. The molecule has 58 heavy (non-hydrogen) atoms. The van der Waals surface area contributed by atoms with Crippen molar-refractivity contribution in [3.63, 3.8) is 0 Å². The predicted octanol–water partition coefficient (Wildman–Crippen LogP) is 8.47. The van der Waals surface area contributed by atoms with E-state index < -0.39 is 20.6 Å². The summed E-state index contributed by atoms with van der Waals surface area (Å²) in [4.78, 5) is 27.9. The molecule has 1 saturated heterocycles. The highest BCUT2D eigenvalue weighted by molar-refractivity contribution is 7.99. The lowest BCUT2D eigenvalue weighted by atomic mass is 9.99. The van der Waals surface area contributed by atoms with Crippen molar-refractivity contribution in [3.8, 4) is 16.9 Å². The Kier molecular flexibility index (Phi) is 13.1. The highest BCUT2D eigenvalue weighted by Crippen LogP contribution is 2.34. The molecule has 1 aliphatic rings. The second-order valence-electron chi connectivity index (χ2n) is 14.3. The lowest BCUT2D eigenvalue weighted by molar-refractivity contribution is -0.386. The van der Waals surface area contributed by atoms with E-state index >= 15 is 0 Å². The van der Waals surface area contributed by atoms with Gasteiger partial charge < -0.3 is 14.5 Å². The van der Waals surface area contributed by atoms with Crippen molar-refractivity contribution in [2.45, 2.75) is 28.9 Å². The molecule has 1 N–H and O–H groups in total. The van der Waals surface area contributed by atoms with Gasteiger partial charge in [0.2, 0.25) is 0 Å². The summed E-state index contributed by atoms with van der Waals surface area (Å²) in [5, 5.41) is 13.5. The highest BCUT2D eigenvalue weighted by Gasteiger charge is 2.26. The Hall–Kier alpha value is -5.25. The van der Waals surface area contributed by atoms with Crippen LogP contribution in [0.5, 0.6) is 5.75 Å². The molecule has 6 aromatic rings. The zero-order chi connectivity index (χ0) is 40.6. The third-order valence-corrected chi connectivity index (χ3v) is 12.7. The number of nitro groups is 1. The molecule has 300 valence electrons. The van der Waals surface area contributed by atoms with Crippen molar-refractivity contribution < 1.29 is 18.1 Å². The Balaban J connectivity index is 1.02. The van der Waals surface area contributed by atoms with Crippen LogP contribution < -0.4 is 14.4 Å². The number of thioether (sulfide) groups is 1. The zero-order valence-electron chi connectivity index (χ0n) is 32.2. The number of piperazine rings is 1. The first kappa shape index (κ1) is 40.9. The molecule has 1 fully saturated rings. The topological polar surface area (TPSA) is 134 Å². The van der Waals surface area contributed by atoms with Crippen LogP contribution in [-0.2, 0) is 16.6 Å². The summed E-state index contributed by atoms with van der Waals surface area (Å²) < 4.78 is 36.2. The number of halogens is 1. The lowest BCUT2D eigenvalue weighted by Crippen LogP contribution is -2.46. The standard InChI is InChI=1S/C43H44ClN7O5S2/c1-48(2)21-20-35(29-57-36-9-4-3-5-10-36)56-42-19-17-37(27-41(42)51(52)53)58(54,55)47-43-39-18-16-34(26-40(39)45-30-46-43)50-24-22-49(23-25-50)28-32-8-6-7-11-38(32)31-12-14-33(44)15-13-31/h3-19,26-27,30,35H,20-25,28-29H2,1-2H3,(H,45,46,47). The molecule has 5 aromatic carbocycles. The molecule has 1 unspecified atom stereocenters. The molecule has 0 aliphatic carbocycles. The van der Waals surface area contributed by atoms with Crippen LogP contribution in [0.4, 0.5) is 17.2 Å². The van der Waals surface area contributed by atoms with Crippen molar-refractivity contribution in [3.05, 3.63) is 142 Å². The van der Waals surface area contributed by atoms with Gasteiger partial charge in [0.15, 0.2) is 11.6 Å². The second-order valence-corrected chi connectivity index (χ2v) is 17.5. The fourth-order valence-electron chi connectivity index (χ4n) is 6.85. The minimum absolute atomic E-state index is 0.00460. The molecule has 0 spiro atoms. The summed E-state index contributed by atoms with van der Waals surface area (Å²) >= 11 is 7.73. The molecule has 1 aromatic heterocycles. The van der Waals surface area contributed by atoms with Crippen LogP contribution in [0.15, 0.2) is 131 Å². The smallest absolute Gasteiger partial charge is 0.312 e. The van der Waals surface area contributed by atoms with E-state index in [2.05, 4.69) is 60.9 Å². The molecule has 0 radical (unpaired) electrons. The van der Waals surface area contributed by atoms with Crippen LogP contribution in [0.1, 0.15) is 12.0 Å². The monoisotopic (exact) mass is 837 g/mol. The van der Waals surface area contributed by atoms with Crippen LogP contribution in [0, 0.1) is 10.1 Å². The summed E-state index contributed by atoms with van der Waals surface area (Å²) in [5.41, 5.74) is 4.68. The van der Waals surface area contributed by atoms with Gasteiger partial charge in [-0.2, -0.15) is 0 Å². The third-order valence-electron chi connectivity index (χ3n) is 9.96. The third kappa shape index (κ3) is 10.2. The first-order valence-electron chi connectivity index (χ1n) is 18.9. The van der Waals surface area contributed by atoms with Gasteiger partial charge in [-0.05, 0) is 91.8 Å². The maximum atomic E-state index is 13.7. The Morgan fingerprint density at radius 2 is 1.66 bits per heavy atom. The lowest BCUT2D eigenvalue weighted by Gasteiger charge is -2.36. The summed E-state index contributed by atoms with van der Waals surface area (Å²) in [6, 6.07) is 35.6. The van der Waals surface area contributed by atoms with E-state index in [0.29, 0.717) is 34.6 Å². The van der Waals surface area contributed by atoms with E-state index in [9.17, 15) is 18.5 Å². The molecular formula is C43H44ClN7O5S2. The molecule has 7 rings (SSSR count). The van der Waals surface area contributed by atoms with E-state index in [1.807, 2.05) is 73.6 Å². The fraction of sp³-hybridized carbons (Fsp3) is 0.256. The van der Waals surface area contributed by atoms with Gasteiger partial charge >= 0.3 is 5.69 Å². The van der Waals surface area contributed by atoms with Crippen molar-refractivity contribution in [1.82, 2.24) is 19.8 Å². The summed E-state index contributed by atoms with van der Waals surface area (Å²) in [6.07, 6.45) is 1.56. The van der Waals surface area contributed by atoms with Crippen molar-refractivity contribution in [2.24, 2.45) is 0 Å². The second kappa shape index (κ2) is 18.6. The number of ether oxygens (including phenoxy) is 1. The highest BCUT2D eigenvalue weighted by atomic mass is 35.5. The number of benzene rings is 5. The van der Waals surface area contributed by atoms with Gasteiger partial charge in [0.25, 0.3) is 10.0 Å². The number of rotatable bonds is 16. The van der Waals surface area contributed by atoms with Crippen molar-refractivity contribution in [2.75, 3.05) is 62.2 Å². The number of nitrogens with zero attached hydrogens (tertiary/aromatic N) is 6. The SMILES string of the molecule is CN(C)CCC(CSc1ccccc1)Oc1ccc(S(=O)(=O)Nc2ncnc3cc(N4CCN(Cc5ccccc5-c5ccc(Cl)cc5)CC4)ccc23)cc1[N+](=O)[O-]. The molecule has 2 heterocycles. The summed E-state index contributed by atoms with van der Waals surface area (Å²) in [7, 11) is -0.394. The molecule has 15 heteroatoms. The minimum Gasteiger partial charge on any atom is -0.483 e. The van der Waals surface area contributed by atoms with Crippen LogP contribution >= 0.6 is 23.4 Å². The average Bonchev–Trinajstić information content (AvgIpc) is 3.23. The van der Waals surface area contributed by atoms with Crippen molar-refractivity contribution in [1.29, 1.82) is 0 Å². The average molecular weight is 838 g/mol. The predicted molar refractivity (Wildman–Crippen MR) is 233 cm³/mol. The molecule has 12 nitrogen and oxygen atoms in total. The first-order chi connectivity index (χ1) is 28.0. The summed E-state index contributed by atoms with van der Waals surface area (Å²) in [5.74, 6) is 0.631. The molecule has 0 bridgehead atoms. The number of hydrogen-bond acceptors (Lipinski definition) is 11. The maximum absolute atomic E-state index is 13.7. The van der Waals surface area contributed by atoms with Crippen LogP contribution in [0.3, 0.4) is 0 Å². The molecule has 0 amide bonds. The maximum Gasteiger partial charge on any atom is 0.312 e. The van der Waals surface area contributed by atoms with E-state index in [0.717, 1.165) is 54.9 Å². The minimum atomic E-state index is -4.29. The normalized spacial score (nSPS) is 14.1. The number of hydrogen-bond donors (Lipinski definition) is 1. The number of aromatic nitrogens is 2. The molecule has 1 aliphatic heterocycles. The quantitative estimate of drug-likeness (QED) is 0.0572. The van der Waals surface area contributed by atoms with Gasteiger partial charge in [-0.1, -0.05) is 66.2 Å².